The van der Waals surface area contributed by atoms with Crippen LogP contribution in [0.3, 0.4) is 0 Å². The summed E-state index contributed by atoms with van der Waals surface area (Å²) >= 11 is 9.56. The van der Waals surface area contributed by atoms with Crippen molar-refractivity contribution in [2.45, 2.75) is 19.4 Å². The zero-order valence-electron chi connectivity index (χ0n) is 19.4. The monoisotopic (exact) mass is 553 g/mol. The van der Waals surface area contributed by atoms with Crippen LogP contribution in [0.5, 0.6) is 0 Å². The number of amides is 1. The molecule has 0 aliphatic rings. The highest BCUT2D eigenvalue weighted by molar-refractivity contribution is 9.10. The van der Waals surface area contributed by atoms with Gasteiger partial charge in [0.15, 0.2) is 0 Å². The lowest BCUT2D eigenvalue weighted by molar-refractivity contribution is 0.0657. The Morgan fingerprint density at radius 1 is 1.11 bits per heavy atom. The zero-order chi connectivity index (χ0) is 24.9. The predicted molar refractivity (Wildman–Crippen MR) is 142 cm³/mol. The molecular formula is C27H25BrClN3O3. The van der Waals surface area contributed by atoms with Crippen LogP contribution in [0.25, 0.3) is 16.6 Å². The second-order valence-electron chi connectivity index (χ2n) is 8.14. The fraction of sp³-hybridized carbons (Fsp3) is 0.222. The standard InChI is InChI=1S/C27H25BrClN3O3/c1-18(31(15-6-16-35-2)26(33)19-7-5-8-20(28)17-19)25-30-24-10-4-3-9-23(24)27(34)32(25)22-13-11-21(29)12-14-22/h3-5,7-14,17-18H,6,15-16H2,1-2H3. The molecular weight excluding hydrogens is 530 g/mol. The van der Waals surface area contributed by atoms with Crippen molar-refractivity contribution in [1.29, 1.82) is 0 Å². The third-order valence-corrected chi connectivity index (χ3v) is 6.55. The van der Waals surface area contributed by atoms with Crippen LogP contribution in [0, 0.1) is 0 Å². The molecule has 0 fully saturated rings. The van der Waals surface area contributed by atoms with Crippen LogP contribution in [-0.2, 0) is 4.74 Å². The summed E-state index contributed by atoms with van der Waals surface area (Å²) in [4.78, 5) is 34.0. The topological polar surface area (TPSA) is 64.4 Å². The molecule has 1 amide bonds. The van der Waals surface area contributed by atoms with Crippen molar-refractivity contribution >= 4 is 44.3 Å². The Morgan fingerprint density at radius 3 is 2.57 bits per heavy atom. The Morgan fingerprint density at radius 2 is 1.86 bits per heavy atom. The largest absolute Gasteiger partial charge is 0.385 e. The molecule has 1 atom stereocenters. The molecule has 0 saturated carbocycles. The van der Waals surface area contributed by atoms with Crippen LogP contribution in [0.1, 0.15) is 35.6 Å². The number of hydrogen-bond donors (Lipinski definition) is 0. The molecule has 0 aliphatic heterocycles. The van der Waals surface area contributed by atoms with Gasteiger partial charge in [-0.15, -0.1) is 0 Å². The second-order valence-corrected chi connectivity index (χ2v) is 9.49. The molecule has 4 rings (SSSR count). The summed E-state index contributed by atoms with van der Waals surface area (Å²) in [6.45, 7) is 2.83. The van der Waals surface area contributed by atoms with Gasteiger partial charge in [0, 0.05) is 35.3 Å². The van der Waals surface area contributed by atoms with E-state index in [4.69, 9.17) is 21.3 Å². The number of carbonyl (C=O) groups excluding carboxylic acids is 1. The Hall–Kier alpha value is -3.00. The van der Waals surface area contributed by atoms with Crippen molar-refractivity contribution in [3.05, 3.63) is 104 Å². The van der Waals surface area contributed by atoms with Crippen LogP contribution in [0.2, 0.25) is 5.02 Å². The first-order valence-electron chi connectivity index (χ1n) is 11.2. The van der Waals surface area contributed by atoms with Crippen molar-refractivity contribution < 1.29 is 9.53 Å². The number of hydrogen-bond acceptors (Lipinski definition) is 4. The van der Waals surface area contributed by atoms with E-state index in [1.54, 1.807) is 59.0 Å². The van der Waals surface area contributed by atoms with E-state index in [9.17, 15) is 9.59 Å². The predicted octanol–water partition coefficient (Wildman–Crippen LogP) is 6.04. The zero-order valence-corrected chi connectivity index (χ0v) is 21.8. The molecule has 0 bridgehead atoms. The average Bonchev–Trinajstić information content (AvgIpc) is 2.87. The summed E-state index contributed by atoms with van der Waals surface area (Å²) in [6, 6.07) is 21.0. The molecule has 4 aromatic rings. The van der Waals surface area contributed by atoms with Gasteiger partial charge in [-0.05, 0) is 67.9 Å². The Labute approximate surface area is 217 Å². The average molecular weight is 555 g/mol. The van der Waals surface area contributed by atoms with Gasteiger partial charge in [0.1, 0.15) is 5.82 Å². The molecule has 0 radical (unpaired) electrons. The maximum Gasteiger partial charge on any atom is 0.266 e. The molecule has 0 aliphatic carbocycles. The van der Waals surface area contributed by atoms with E-state index in [0.717, 1.165) is 4.47 Å². The smallest absolute Gasteiger partial charge is 0.266 e. The summed E-state index contributed by atoms with van der Waals surface area (Å²) in [6.07, 6.45) is 0.638. The lowest BCUT2D eigenvalue weighted by atomic mass is 10.1. The van der Waals surface area contributed by atoms with Gasteiger partial charge in [0.25, 0.3) is 11.5 Å². The first-order valence-corrected chi connectivity index (χ1v) is 12.4. The number of methoxy groups -OCH3 is 1. The van der Waals surface area contributed by atoms with Crippen molar-refractivity contribution in [3.63, 3.8) is 0 Å². The Bertz CT molecular complexity index is 1410. The number of aromatic nitrogens is 2. The molecule has 180 valence electrons. The van der Waals surface area contributed by atoms with E-state index in [2.05, 4.69) is 15.9 Å². The van der Waals surface area contributed by atoms with E-state index in [1.165, 1.54) is 0 Å². The van der Waals surface area contributed by atoms with Crippen LogP contribution >= 0.6 is 27.5 Å². The lowest BCUT2D eigenvalue weighted by Gasteiger charge is -2.31. The number of benzene rings is 3. The minimum absolute atomic E-state index is 0.153. The first kappa shape index (κ1) is 25.1. The van der Waals surface area contributed by atoms with Gasteiger partial charge in [-0.3, -0.25) is 14.2 Å². The van der Waals surface area contributed by atoms with E-state index < -0.39 is 6.04 Å². The summed E-state index contributed by atoms with van der Waals surface area (Å²) in [5, 5.41) is 1.07. The van der Waals surface area contributed by atoms with Crippen LogP contribution < -0.4 is 5.56 Å². The maximum absolute atomic E-state index is 13.7. The van der Waals surface area contributed by atoms with Gasteiger partial charge >= 0.3 is 0 Å². The number of para-hydroxylation sites is 1. The fourth-order valence-electron chi connectivity index (χ4n) is 4.05. The molecule has 0 saturated heterocycles. The summed E-state index contributed by atoms with van der Waals surface area (Å²) in [5.74, 6) is 0.316. The normalized spacial score (nSPS) is 12.0. The van der Waals surface area contributed by atoms with Crippen LogP contribution in [0.4, 0.5) is 0 Å². The molecule has 6 nitrogen and oxygen atoms in total. The molecule has 0 N–H and O–H groups in total. The van der Waals surface area contributed by atoms with Gasteiger partial charge in [0.05, 0.1) is 22.6 Å². The molecule has 0 spiro atoms. The lowest BCUT2D eigenvalue weighted by Crippen LogP contribution is -2.38. The second kappa shape index (κ2) is 11.2. The van der Waals surface area contributed by atoms with Gasteiger partial charge in [-0.1, -0.05) is 45.7 Å². The Kier molecular flexibility index (Phi) is 8.00. The van der Waals surface area contributed by atoms with E-state index in [1.807, 2.05) is 37.3 Å². The highest BCUT2D eigenvalue weighted by Gasteiger charge is 2.27. The molecule has 1 aromatic heterocycles. The van der Waals surface area contributed by atoms with Gasteiger partial charge < -0.3 is 9.64 Å². The third kappa shape index (κ3) is 5.48. The number of fused-ring (bicyclic) bond motifs is 1. The minimum atomic E-state index is -0.508. The van der Waals surface area contributed by atoms with Crippen molar-refractivity contribution in [2.75, 3.05) is 20.3 Å². The number of ether oxygens (including phenoxy) is 1. The van der Waals surface area contributed by atoms with E-state index >= 15 is 0 Å². The Balaban J connectivity index is 1.88. The number of rotatable bonds is 8. The SMILES string of the molecule is COCCCN(C(=O)c1cccc(Br)c1)C(C)c1nc2ccccc2c(=O)n1-c1ccc(Cl)cc1. The van der Waals surface area contributed by atoms with Crippen LogP contribution in [0.15, 0.2) is 82.1 Å². The number of carbonyl (C=O) groups is 1. The molecule has 1 unspecified atom stereocenters. The van der Waals surface area contributed by atoms with Crippen molar-refractivity contribution in [1.82, 2.24) is 14.5 Å². The molecule has 3 aromatic carbocycles. The highest BCUT2D eigenvalue weighted by Crippen LogP contribution is 2.26. The summed E-state index contributed by atoms with van der Waals surface area (Å²) < 4.78 is 7.62. The third-order valence-electron chi connectivity index (χ3n) is 5.81. The molecule has 35 heavy (non-hydrogen) atoms. The quantitative estimate of drug-likeness (QED) is 0.249. The van der Waals surface area contributed by atoms with E-state index in [0.29, 0.717) is 52.6 Å². The van der Waals surface area contributed by atoms with Crippen molar-refractivity contribution in [3.8, 4) is 5.69 Å². The minimum Gasteiger partial charge on any atom is -0.385 e. The first-order chi connectivity index (χ1) is 16.9. The highest BCUT2D eigenvalue weighted by atomic mass is 79.9. The summed E-state index contributed by atoms with van der Waals surface area (Å²) in [7, 11) is 1.63. The van der Waals surface area contributed by atoms with Crippen LogP contribution in [-0.4, -0.2) is 40.6 Å². The maximum atomic E-state index is 13.7. The fourth-order valence-corrected chi connectivity index (χ4v) is 4.57. The van der Waals surface area contributed by atoms with Crippen molar-refractivity contribution in [2.24, 2.45) is 0 Å². The van der Waals surface area contributed by atoms with Gasteiger partial charge in [-0.2, -0.15) is 0 Å². The van der Waals surface area contributed by atoms with Gasteiger partial charge in [0.2, 0.25) is 0 Å². The van der Waals surface area contributed by atoms with E-state index in [-0.39, 0.29) is 11.5 Å². The molecule has 1 heterocycles. The summed E-state index contributed by atoms with van der Waals surface area (Å²) in [5.41, 5.74) is 1.55. The molecule has 8 heteroatoms. The number of halogens is 2. The number of nitrogens with zero attached hydrogens (tertiary/aromatic N) is 3. The van der Waals surface area contributed by atoms with Gasteiger partial charge in [-0.25, -0.2) is 4.98 Å².